The molecular weight excluding hydrogens is 472 g/mol. The highest BCUT2D eigenvalue weighted by Gasteiger charge is 2.37. The van der Waals surface area contributed by atoms with Crippen LogP contribution in [-0.4, -0.2) is 49.8 Å². The van der Waals surface area contributed by atoms with Gasteiger partial charge >= 0.3 is 6.18 Å². The number of nitrogens with zero attached hydrogens (tertiary/aromatic N) is 4. The van der Waals surface area contributed by atoms with Gasteiger partial charge in [-0.25, -0.2) is 4.98 Å². The largest absolute Gasteiger partial charge is 0.451 e. The van der Waals surface area contributed by atoms with Crippen molar-refractivity contribution in [2.75, 3.05) is 11.9 Å². The molecule has 0 aromatic carbocycles. The van der Waals surface area contributed by atoms with Crippen LogP contribution in [-0.2, 0) is 4.74 Å². The van der Waals surface area contributed by atoms with Crippen LogP contribution in [0.1, 0.15) is 29.4 Å². The van der Waals surface area contributed by atoms with E-state index in [0.29, 0.717) is 24.2 Å². The second kappa shape index (κ2) is 8.98. The van der Waals surface area contributed by atoms with E-state index in [9.17, 15) is 22.4 Å². The average molecular weight is 490 g/mol. The zero-order valence-electron chi connectivity index (χ0n) is 17.9. The Bertz CT molecular complexity index is 1330. The van der Waals surface area contributed by atoms with E-state index in [1.807, 2.05) is 0 Å². The Morgan fingerprint density at radius 3 is 2.80 bits per heavy atom. The number of furan rings is 1. The molecule has 1 aliphatic carbocycles. The molecule has 182 valence electrons. The molecule has 0 atom stereocenters. The van der Waals surface area contributed by atoms with Gasteiger partial charge in [-0.1, -0.05) is 6.07 Å². The number of carbonyl (C=O) groups excluding carboxylic acids is 1. The molecule has 0 saturated heterocycles. The molecule has 5 rings (SSSR count). The molecule has 9 nitrogen and oxygen atoms in total. The third kappa shape index (κ3) is 5.09. The number of hydrogen-bond donors (Lipinski definition) is 2. The number of carbonyl (C=O) groups is 1. The summed E-state index contributed by atoms with van der Waals surface area (Å²) >= 11 is 0. The van der Waals surface area contributed by atoms with E-state index in [-0.39, 0.29) is 28.9 Å². The molecule has 0 unspecified atom stereocenters. The molecule has 0 aliphatic heterocycles. The number of alkyl halides is 3. The Hall–Kier alpha value is -4.00. The van der Waals surface area contributed by atoms with Crippen molar-refractivity contribution in [3.8, 4) is 22.7 Å². The number of aromatic nitrogens is 5. The van der Waals surface area contributed by atoms with Crippen molar-refractivity contribution in [3.63, 3.8) is 0 Å². The second-order valence-electron chi connectivity index (χ2n) is 8.00. The molecule has 1 fully saturated rings. The lowest BCUT2D eigenvalue weighted by Crippen LogP contribution is -2.36. The number of amides is 1. The summed E-state index contributed by atoms with van der Waals surface area (Å²) in [6.45, 7) is -1.31. The lowest BCUT2D eigenvalue weighted by Gasteiger charge is -2.35. The average Bonchev–Trinajstić information content (AvgIpc) is 3.52. The van der Waals surface area contributed by atoms with E-state index < -0.39 is 30.7 Å². The van der Waals surface area contributed by atoms with Crippen LogP contribution < -0.4 is 5.32 Å². The van der Waals surface area contributed by atoms with Gasteiger partial charge in [0.05, 0.1) is 35.3 Å². The summed E-state index contributed by atoms with van der Waals surface area (Å²) < 4.78 is 62.9. The maximum atomic E-state index is 13.8. The highest BCUT2D eigenvalue weighted by molar-refractivity contribution is 6.04. The molecule has 13 heteroatoms. The fraction of sp³-hybridized carbons (Fsp3) is 0.273. The first-order valence-electron chi connectivity index (χ1n) is 10.6. The molecular formula is C22H18F4N6O3. The predicted octanol–water partition coefficient (Wildman–Crippen LogP) is 4.60. The summed E-state index contributed by atoms with van der Waals surface area (Å²) in [6.07, 6.45) is 0.369. The molecule has 0 spiro atoms. The van der Waals surface area contributed by atoms with Crippen molar-refractivity contribution in [1.29, 1.82) is 0 Å². The normalized spacial score (nSPS) is 17.8. The van der Waals surface area contributed by atoms with Crippen molar-refractivity contribution in [1.82, 2.24) is 25.0 Å². The van der Waals surface area contributed by atoms with Gasteiger partial charge in [-0.2, -0.15) is 27.8 Å². The molecule has 4 aromatic heterocycles. The van der Waals surface area contributed by atoms with Gasteiger partial charge < -0.3 is 14.5 Å². The number of anilines is 1. The van der Waals surface area contributed by atoms with E-state index in [1.165, 1.54) is 35.1 Å². The maximum Gasteiger partial charge on any atom is 0.411 e. The number of halogens is 4. The lowest BCUT2D eigenvalue weighted by atomic mass is 9.89. The predicted molar refractivity (Wildman–Crippen MR) is 114 cm³/mol. The first-order chi connectivity index (χ1) is 16.7. The fourth-order valence-corrected chi connectivity index (χ4v) is 3.69. The molecule has 0 bridgehead atoms. The molecule has 1 amide bonds. The van der Waals surface area contributed by atoms with Crippen LogP contribution in [0.15, 0.2) is 53.3 Å². The van der Waals surface area contributed by atoms with Gasteiger partial charge in [0.15, 0.2) is 5.76 Å². The monoisotopic (exact) mass is 490 g/mol. The van der Waals surface area contributed by atoms with Gasteiger partial charge in [0.1, 0.15) is 18.1 Å². The van der Waals surface area contributed by atoms with Crippen molar-refractivity contribution < 1.29 is 31.5 Å². The Morgan fingerprint density at radius 2 is 2.09 bits per heavy atom. The Kier molecular flexibility index (Phi) is 5.84. The van der Waals surface area contributed by atoms with E-state index in [0.717, 1.165) is 0 Å². The number of H-pyrrole nitrogens is 1. The first-order valence-corrected chi connectivity index (χ1v) is 10.6. The number of rotatable bonds is 7. The third-order valence-electron chi connectivity index (χ3n) is 5.48. The second-order valence-corrected chi connectivity index (χ2v) is 8.00. The summed E-state index contributed by atoms with van der Waals surface area (Å²) in [7, 11) is 0. The summed E-state index contributed by atoms with van der Waals surface area (Å²) in [5.41, 5.74) is 1.30. The minimum atomic E-state index is -4.40. The van der Waals surface area contributed by atoms with Crippen LogP contribution in [0, 0.1) is 5.95 Å². The SMILES string of the molecule is O=C(Nc1cn([C@H]2C[C@H](OCC(F)(F)F)C2)nc1-c1cccc(F)n1)c1ccc(-c2cn[nH]c2)o1. The van der Waals surface area contributed by atoms with Gasteiger partial charge in [-0.15, -0.1) is 0 Å². The van der Waals surface area contributed by atoms with E-state index in [1.54, 1.807) is 18.5 Å². The van der Waals surface area contributed by atoms with Crippen LogP contribution >= 0.6 is 0 Å². The van der Waals surface area contributed by atoms with E-state index in [4.69, 9.17) is 9.15 Å². The summed E-state index contributed by atoms with van der Waals surface area (Å²) in [5, 5.41) is 13.6. The molecule has 2 N–H and O–H groups in total. The minimum absolute atomic E-state index is 0.0244. The standard InChI is InChI=1S/C22H18F4N6O3/c23-19-3-1-2-15(29-19)20-16(10-32(31-20)13-6-14(7-13)34-11-22(24,25)26)30-21(33)18-5-4-17(35-18)12-8-27-28-9-12/h1-5,8-10,13-14H,6-7,11H2,(H,27,28)(H,30,33)/t13-,14-. The molecule has 1 saturated carbocycles. The van der Waals surface area contributed by atoms with Crippen molar-refractivity contribution in [2.45, 2.75) is 31.2 Å². The summed E-state index contributed by atoms with van der Waals surface area (Å²) in [6, 6.07) is 7.03. The molecule has 1 aliphatic rings. The van der Waals surface area contributed by atoms with Gasteiger partial charge in [-0.05, 0) is 37.1 Å². The van der Waals surface area contributed by atoms with Crippen molar-refractivity contribution in [3.05, 3.63) is 60.6 Å². The number of hydrogen-bond acceptors (Lipinski definition) is 6. The van der Waals surface area contributed by atoms with Crippen molar-refractivity contribution in [2.24, 2.45) is 0 Å². The molecule has 35 heavy (non-hydrogen) atoms. The smallest absolute Gasteiger partial charge is 0.411 e. The Labute approximate surface area is 195 Å². The first kappa shape index (κ1) is 22.8. The zero-order valence-corrected chi connectivity index (χ0v) is 17.9. The highest BCUT2D eigenvalue weighted by Crippen LogP contribution is 2.37. The van der Waals surface area contributed by atoms with Gasteiger partial charge in [0.2, 0.25) is 5.95 Å². The molecule has 4 aromatic rings. The maximum absolute atomic E-state index is 13.8. The lowest BCUT2D eigenvalue weighted by molar-refractivity contribution is -0.196. The number of aromatic amines is 1. The minimum Gasteiger partial charge on any atom is -0.451 e. The van der Waals surface area contributed by atoms with Crippen molar-refractivity contribution >= 4 is 11.6 Å². The topological polar surface area (TPSA) is 111 Å². The number of pyridine rings is 1. The van der Waals surface area contributed by atoms with Gasteiger partial charge in [-0.3, -0.25) is 14.6 Å². The van der Waals surface area contributed by atoms with E-state index in [2.05, 4.69) is 25.6 Å². The highest BCUT2D eigenvalue weighted by atomic mass is 19.4. The van der Waals surface area contributed by atoms with Crippen LogP contribution in [0.2, 0.25) is 0 Å². The van der Waals surface area contributed by atoms with Crippen LogP contribution in [0.3, 0.4) is 0 Å². The Morgan fingerprint density at radius 1 is 1.26 bits per heavy atom. The summed E-state index contributed by atoms with van der Waals surface area (Å²) in [4.78, 5) is 16.7. The molecule has 0 radical (unpaired) electrons. The third-order valence-corrected chi connectivity index (χ3v) is 5.48. The van der Waals surface area contributed by atoms with Gasteiger partial charge in [0.25, 0.3) is 5.91 Å². The van der Waals surface area contributed by atoms with Crippen LogP contribution in [0.25, 0.3) is 22.7 Å². The molecule has 4 heterocycles. The Balaban J connectivity index is 1.35. The van der Waals surface area contributed by atoms with Crippen LogP contribution in [0.4, 0.5) is 23.2 Å². The van der Waals surface area contributed by atoms with Gasteiger partial charge in [0, 0.05) is 12.4 Å². The van der Waals surface area contributed by atoms with E-state index >= 15 is 0 Å². The number of nitrogens with one attached hydrogen (secondary N) is 2. The van der Waals surface area contributed by atoms with Crippen LogP contribution in [0.5, 0.6) is 0 Å². The quantitative estimate of drug-likeness (QED) is 0.289. The zero-order chi connectivity index (χ0) is 24.6. The summed E-state index contributed by atoms with van der Waals surface area (Å²) in [5.74, 6) is -0.839. The number of ether oxygens (including phenoxy) is 1. The fourth-order valence-electron chi connectivity index (χ4n) is 3.69.